The van der Waals surface area contributed by atoms with Gasteiger partial charge in [-0.15, -0.1) is 0 Å². The number of nitrogens with one attached hydrogen (secondary N) is 1. The Kier molecular flexibility index (Phi) is 3.66. The second-order valence-corrected chi connectivity index (χ2v) is 5.86. The Morgan fingerprint density at radius 1 is 1.20 bits per heavy atom. The molecule has 3 rings (SSSR count). The molecule has 1 aliphatic heterocycles. The quantitative estimate of drug-likeness (QED) is 0.914. The van der Waals surface area contributed by atoms with E-state index in [0.29, 0.717) is 0 Å². The molecule has 0 aromatic heterocycles. The number of hydrogen-bond acceptors (Lipinski definition) is 3. The van der Waals surface area contributed by atoms with Gasteiger partial charge in [-0.25, -0.2) is 0 Å². The Hall–Kier alpha value is -1.55. The summed E-state index contributed by atoms with van der Waals surface area (Å²) in [5.74, 6) is 0.161. The lowest BCUT2D eigenvalue weighted by atomic mass is 10.1. The van der Waals surface area contributed by atoms with Crippen molar-refractivity contribution >= 4 is 11.6 Å². The van der Waals surface area contributed by atoms with Crippen molar-refractivity contribution in [3.05, 3.63) is 29.3 Å². The average molecular weight is 273 g/mol. The Morgan fingerprint density at radius 3 is 2.50 bits per heavy atom. The number of amides is 1. The summed E-state index contributed by atoms with van der Waals surface area (Å²) in [4.78, 5) is 17.2. The molecule has 1 N–H and O–H groups in total. The van der Waals surface area contributed by atoms with Crippen LogP contribution < -0.4 is 5.32 Å². The van der Waals surface area contributed by atoms with E-state index in [1.807, 2.05) is 37.1 Å². The van der Waals surface area contributed by atoms with Crippen molar-refractivity contribution in [2.75, 3.05) is 38.5 Å². The highest BCUT2D eigenvalue weighted by molar-refractivity contribution is 5.99. The first-order valence-corrected chi connectivity index (χ1v) is 7.51. The lowest BCUT2D eigenvalue weighted by molar-refractivity contribution is 0.0628. The van der Waals surface area contributed by atoms with Crippen LogP contribution in [0.15, 0.2) is 18.2 Å². The summed E-state index contributed by atoms with van der Waals surface area (Å²) < 4.78 is 0. The van der Waals surface area contributed by atoms with Crippen LogP contribution in [0.2, 0.25) is 0 Å². The number of rotatable bonds is 3. The first-order valence-electron chi connectivity index (χ1n) is 7.51. The van der Waals surface area contributed by atoms with Crippen LogP contribution in [0.1, 0.15) is 28.8 Å². The fraction of sp³-hybridized carbons (Fsp3) is 0.562. The van der Waals surface area contributed by atoms with Gasteiger partial charge in [0.15, 0.2) is 0 Å². The molecule has 0 bridgehead atoms. The summed E-state index contributed by atoms with van der Waals surface area (Å²) in [6.45, 7) is 5.79. The summed E-state index contributed by atoms with van der Waals surface area (Å²) in [6.07, 6.45) is 2.69. The molecule has 4 nitrogen and oxygen atoms in total. The van der Waals surface area contributed by atoms with Crippen LogP contribution in [0, 0.1) is 6.92 Å². The normalized spacial score (nSPS) is 20.0. The van der Waals surface area contributed by atoms with Gasteiger partial charge in [-0.1, -0.05) is 11.6 Å². The van der Waals surface area contributed by atoms with E-state index in [1.165, 1.54) is 12.8 Å². The third-order valence-electron chi connectivity index (χ3n) is 4.34. The second-order valence-electron chi connectivity index (χ2n) is 5.86. The minimum atomic E-state index is 0.161. The average Bonchev–Trinajstić information content (AvgIpc) is 3.31. The summed E-state index contributed by atoms with van der Waals surface area (Å²) >= 11 is 0. The molecule has 1 aromatic rings. The molecule has 1 heterocycles. The topological polar surface area (TPSA) is 35.6 Å². The van der Waals surface area contributed by atoms with Crippen molar-refractivity contribution in [2.24, 2.45) is 0 Å². The zero-order valence-corrected chi connectivity index (χ0v) is 12.4. The standard InChI is InChI=1S/C16H23N3O/c1-12-3-6-15(17-2)14(11-12)16(20)19-9-7-18(8-10-19)13-4-5-13/h3,6,11,13,17H,4-5,7-10H2,1-2H3. The highest BCUT2D eigenvalue weighted by Crippen LogP contribution is 2.28. The molecule has 4 heteroatoms. The highest BCUT2D eigenvalue weighted by Gasteiger charge is 2.32. The minimum absolute atomic E-state index is 0.161. The second kappa shape index (κ2) is 5.44. The van der Waals surface area contributed by atoms with Gasteiger partial charge in [0.05, 0.1) is 5.56 Å². The van der Waals surface area contributed by atoms with Crippen LogP contribution in [-0.4, -0.2) is 55.0 Å². The molecule has 0 unspecified atom stereocenters. The van der Waals surface area contributed by atoms with Crippen LogP contribution in [0.3, 0.4) is 0 Å². The molecule has 1 amide bonds. The lowest BCUT2D eigenvalue weighted by Crippen LogP contribution is -2.49. The van der Waals surface area contributed by atoms with E-state index in [1.54, 1.807) is 0 Å². The molecule has 2 aliphatic rings. The van der Waals surface area contributed by atoms with Crippen LogP contribution in [0.5, 0.6) is 0 Å². The predicted molar refractivity (Wildman–Crippen MR) is 81.2 cm³/mol. The smallest absolute Gasteiger partial charge is 0.256 e. The molecule has 0 spiro atoms. The van der Waals surface area contributed by atoms with Gasteiger partial charge >= 0.3 is 0 Å². The van der Waals surface area contributed by atoms with Crippen molar-refractivity contribution < 1.29 is 4.79 Å². The fourth-order valence-electron chi connectivity index (χ4n) is 2.95. The van der Waals surface area contributed by atoms with Crippen molar-refractivity contribution in [1.82, 2.24) is 9.80 Å². The minimum Gasteiger partial charge on any atom is -0.387 e. The third-order valence-corrected chi connectivity index (χ3v) is 4.34. The van der Waals surface area contributed by atoms with Gasteiger partial charge in [0.1, 0.15) is 0 Å². The molecule has 0 radical (unpaired) electrons. The molecular formula is C16H23N3O. The maximum absolute atomic E-state index is 12.7. The largest absolute Gasteiger partial charge is 0.387 e. The monoisotopic (exact) mass is 273 g/mol. The van der Waals surface area contributed by atoms with E-state index in [0.717, 1.165) is 49.0 Å². The van der Waals surface area contributed by atoms with E-state index in [-0.39, 0.29) is 5.91 Å². The van der Waals surface area contributed by atoms with Gasteiger partial charge in [0.2, 0.25) is 0 Å². The van der Waals surface area contributed by atoms with Crippen molar-refractivity contribution in [2.45, 2.75) is 25.8 Å². The van der Waals surface area contributed by atoms with Gasteiger partial charge in [-0.2, -0.15) is 0 Å². The van der Waals surface area contributed by atoms with E-state index in [2.05, 4.69) is 10.2 Å². The maximum atomic E-state index is 12.7. The number of nitrogens with zero attached hydrogens (tertiary/aromatic N) is 2. The van der Waals surface area contributed by atoms with Crippen molar-refractivity contribution in [3.63, 3.8) is 0 Å². The number of benzene rings is 1. The zero-order valence-electron chi connectivity index (χ0n) is 12.4. The predicted octanol–water partition coefficient (Wildman–Crippen LogP) is 1.96. The van der Waals surface area contributed by atoms with E-state index in [4.69, 9.17) is 0 Å². The summed E-state index contributed by atoms with van der Waals surface area (Å²) in [6, 6.07) is 6.82. The van der Waals surface area contributed by atoms with Gasteiger partial charge < -0.3 is 10.2 Å². The molecule has 1 aromatic carbocycles. The number of piperazine rings is 1. The van der Waals surface area contributed by atoms with Crippen LogP contribution in [0.25, 0.3) is 0 Å². The van der Waals surface area contributed by atoms with E-state index >= 15 is 0 Å². The van der Waals surface area contributed by atoms with Crippen molar-refractivity contribution in [3.8, 4) is 0 Å². The molecule has 1 saturated heterocycles. The Bertz CT molecular complexity index is 502. The number of aryl methyl sites for hydroxylation is 1. The van der Waals surface area contributed by atoms with Crippen molar-refractivity contribution in [1.29, 1.82) is 0 Å². The number of carbonyl (C=O) groups excluding carboxylic acids is 1. The molecule has 0 atom stereocenters. The van der Waals surface area contributed by atoms with Crippen LogP contribution in [0.4, 0.5) is 5.69 Å². The van der Waals surface area contributed by atoms with E-state index < -0.39 is 0 Å². The SMILES string of the molecule is CNc1ccc(C)cc1C(=O)N1CCN(C2CC2)CC1. The number of hydrogen-bond donors (Lipinski definition) is 1. The lowest BCUT2D eigenvalue weighted by Gasteiger charge is -2.35. The van der Waals surface area contributed by atoms with Gasteiger partial charge in [-0.05, 0) is 31.9 Å². The third kappa shape index (κ3) is 2.66. The first-order chi connectivity index (χ1) is 9.69. The van der Waals surface area contributed by atoms with Gasteiger partial charge in [0, 0.05) is 45.0 Å². The Labute approximate surface area is 120 Å². The number of carbonyl (C=O) groups is 1. The maximum Gasteiger partial charge on any atom is 0.256 e. The Morgan fingerprint density at radius 2 is 1.90 bits per heavy atom. The van der Waals surface area contributed by atoms with Gasteiger partial charge in [-0.3, -0.25) is 9.69 Å². The molecule has 1 aliphatic carbocycles. The highest BCUT2D eigenvalue weighted by atomic mass is 16.2. The molecule has 1 saturated carbocycles. The first kappa shape index (κ1) is 13.4. The summed E-state index contributed by atoms with van der Waals surface area (Å²) in [7, 11) is 1.87. The van der Waals surface area contributed by atoms with Gasteiger partial charge in [0.25, 0.3) is 5.91 Å². The van der Waals surface area contributed by atoms with Crippen LogP contribution in [-0.2, 0) is 0 Å². The molecule has 20 heavy (non-hydrogen) atoms. The molecule has 108 valence electrons. The van der Waals surface area contributed by atoms with Crippen LogP contribution >= 0.6 is 0 Å². The summed E-state index contributed by atoms with van der Waals surface area (Å²) in [5.41, 5.74) is 2.85. The number of anilines is 1. The fourth-order valence-corrected chi connectivity index (χ4v) is 2.95. The summed E-state index contributed by atoms with van der Waals surface area (Å²) in [5, 5.41) is 3.12. The molecular weight excluding hydrogens is 250 g/mol. The van der Waals surface area contributed by atoms with E-state index in [9.17, 15) is 4.79 Å². The Balaban J connectivity index is 1.71. The molecule has 2 fully saturated rings. The zero-order chi connectivity index (χ0) is 14.1.